The summed E-state index contributed by atoms with van der Waals surface area (Å²) in [6.45, 7) is 14.7. The van der Waals surface area contributed by atoms with Crippen molar-refractivity contribution in [1.82, 2.24) is 0 Å². The summed E-state index contributed by atoms with van der Waals surface area (Å²) in [5, 5.41) is 13.3. The Morgan fingerprint density at radius 2 is 1.65 bits per heavy atom. The van der Waals surface area contributed by atoms with Crippen LogP contribution in [0.2, 0.25) is 0 Å². The molecule has 2 aliphatic heterocycles. The van der Waals surface area contributed by atoms with E-state index in [4.69, 9.17) is 0 Å². The zero-order valence-electron chi connectivity index (χ0n) is 21.0. The van der Waals surface area contributed by atoms with Gasteiger partial charge >= 0.3 is 0 Å². The van der Waals surface area contributed by atoms with Crippen molar-refractivity contribution < 1.29 is 14.8 Å². The predicted octanol–water partition coefficient (Wildman–Crippen LogP) is 3.71. The van der Waals surface area contributed by atoms with E-state index in [2.05, 4.69) is 82.8 Å². The molecule has 0 fully saturated rings. The molecule has 176 valence electrons. The molecular formula is C30H34N2O2. The topological polar surface area (TPSA) is 47.8 Å². The van der Waals surface area contributed by atoms with E-state index in [0.717, 1.165) is 24.5 Å². The van der Waals surface area contributed by atoms with Gasteiger partial charge in [0.2, 0.25) is 0 Å². The third-order valence-electron chi connectivity index (χ3n) is 8.21. The van der Waals surface area contributed by atoms with E-state index in [-0.39, 0.29) is 28.4 Å². The summed E-state index contributed by atoms with van der Waals surface area (Å²) in [6.07, 6.45) is 3.81. The van der Waals surface area contributed by atoms with Crippen molar-refractivity contribution in [3.05, 3.63) is 94.4 Å². The average Bonchev–Trinajstić information content (AvgIpc) is 3.19. The van der Waals surface area contributed by atoms with Crippen LogP contribution in [0.3, 0.4) is 0 Å². The third-order valence-corrected chi connectivity index (χ3v) is 8.21. The molecule has 2 unspecified atom stereocenters. The second kappa shape index (κ2) is 7.71. The number of likely N-dealkylation sites (N-methyl/N-ethyl adjacent to an activating group) is 2. The number of benzene rings is 2. The van der Waals surface area contributed by atoms with Crippen LogP contribution in [0.4, 0.5) is 11.4 Å². The molecule has 0 saturated heterocycles. The summed E-state index contributed by atoms with van der Waals surface area (Å²) in [5.41, 5.74) is 6.20. The van der Waals surface area contributed by atoms with Crippen LogP contribution in [-0.2, 0) is 15.6 Å². The van der Waals surface area contributed by atoms with Gasteiger partial charge in [0.05, 0.1) is 12.0 Å². The van der Waals surface area contributed by atoms with Crippen LogP contribution in [-0.4, -0.2) is 24.9 Å². The van der Waals surface area contributed by atoms with Crippen LogP contribution in [0.25, 0.3) is 0 Å². The van der Waals surface area contributed by atoms with E-state index in [1.165, 1.54) is 21.7 Å². The lowest BCUT2D eigenvalue weighted by molar-refractivity contribution is -0.848. The minimum Gasteiger partial charge on any atom is -0.871 e. The van der Waals surface area contributed by atoms with Crippen molar-refractivity contribution >= 4 is 17.2 Å². The van der Waals surface area contributed by atoms with E-state index >= 15 is 0 Å². The van der Waals surface area contributed by atoms with Crippen LogP contribution in [0.15, 0.2) is 83.3 Å². The first-order valence-electron chi connectivity index (χ1n) is 12.4. The summed E-state index contributed by atoms with van der Waals surface area (Å²) in [5.74, 6) is -0.245. The quantitative estimate of drug-likeness (QED) is 0.717. The Hall–Kier alpha value is -3.11. The number of anilines is 1. The molecule has 1 N–H and O–H groups in total. The number of fused-ring (bicyclic) bond motifs is 2. The molecule has 3 aliphatic rings. The zero-order valence-corrected chi connectivity index (χ0v) is 21.0. The second-order valence-electron chi connectivity index (χ2n) is 10.7. The molecule has 5 rings (SSSR count). The minimum atomic E-state index is -0.266. The van der Waals surface area contributed by atoms with E-state index < -0.39 is 0 Å². The standard InChI is InChI=1S/C30H34N2O2/c1-7-31-23-15-11-9-13-21(23)29(3,4)25(31)17-19-27(33)20(28(19)34)18-26-30(5,6)22-14-10-12-16-24(22)32(26)8-2/h9-18,25,33H,7-8H2,1-6H3/b19-17-,26-18-. The van der Waals surface area contributed by atoms with Gasteiger partial charge in [-0.2, -0.15) is 0 Å². The first kappa shape index (κ1) is 22.7. The first-order chi connectivity index (χ1) is 16.1. The summed E-state index contributed by atoms with van der Waals surface area (Å²) >= 11 is 0. The average molecular weight is 455 g/mol. The van der Waals surface area contributed by atoms with Crippen LogP contribution < -0.4 is 14.9 Å². The Bertz CT molecular complexity index is 1280. The van der Waals surface area contributed by atoms with Crippen molar-refractivity contribution in [3.63, 3.8) is 0 Å². The molecule has 0 saturated carbocycles. The fourth-order valence-corrected chi connectivity index (χ4v) is 6.28. The van der Waals surface area contributed by atoms with Gasteiger partial charge in [-0.15, -0.1) is 0 Å². The van der Waals surface area contributed by atoms with Crippen LogP contribution in [0.1, 0.15) is 52.7 Å². The normalized spacial score (nSPS) is 26.8. The maximum Gasteiger partial charge on any atom is 0.191 e. The van der Waals surface area contributed by atoms with Gasteiger partial charge in [-0.25, -0.2) is 0 Å². The smallest absolute Gasteiger partial charge is 0.191 e. The Labute approximate surface area is 202 Å². The van der Waals surface area contributed by atoms with E-state index in [1.54, 1.807) is 0 Å². The lowest BCUT2D eigenvalue weighted by Gasteiger charge is -2.34. The van der Waals surface area contributed by atoms with Crippen molar-refractivity contribution in [2.45, 2.75) is 58.4 Å². The van der Waals surface area contributed by atoms with Crippen molar-refractivity contribution in [3.8, 4) is 0 Å². The summed E-state index contributed by atoms with van der Waals surface area (Å²) in [4.78, 5) is 16.8. The fourth-order valence-electron chi connectivity index (χ4n) is 6.28. The number of nitrogens with zero attached hydrogens (tertiary/aromatic N) is 1. The highest BCUT2D eigenvalue weighted by Crippen LogP contribution is 2.48. The molecule has 2 aromatic rings. The number of carbonyl (C=O) groups is 1. The molecule has 4 heteroatoms. The van der Waals surface area contributed by atoms with Gasteiger partial charge in [0.15, 0.2) is 5.78 Å². The summed E-state index contributed by atoms with van der Waals surface area (Å²) < 4.78 is 0. The first-order valence-corrected chi connectivity index (χ1v) is 12.4. The Morgan fingerprint density at radius 1 is 1.00 bits per heavy atom. The minimum absolute atomic E-state index is 0.0475. The Kier molecular flexibility index (Phi) is 5.14. The number of ketones is 1. The number of hydrogen-bond acceptors (Lipinski definition) is 3. The van der Waals surface area contributed by atoms with Crippen molar-refractivity contribution in [1.29, 1.82) is 0 Å². The maximum atomic E-state index is 13.3. The Balaban J connectivity index is 1.54. The predicted molar refractivity (Wildman–Crippen MR) is 135 cm³/mol. The fraction of sp³-hybridized carbons (Fsp3) is 0.367. The Morgan fingerprint density at radius 3 is 2.29 bits per heavy atom. The van der Waals surface area contributed by atoms with Gasteiger partial charge in [-0.3, -0.25) is 9.69 Å². The molecule has 1 aliphatic carbocycles. The molecule has 2 aromatic carbocycles. The van der Waals surface area contributed by atoms with E-state index in [1.807, 2.05) is 24.3 Å². The molecule has 2 heterocycles. The van der Waals surface area contributed by atoms with Gasteiger partial charge in [0.1, 0.15) is 11.7 Å². The highest BCUT2D eigenvalue weighted by Gasteiger charge is 2.48. The molecular weight excluding hydrogens is 420 g/mol. The number of hydrogen-bond donors (Lipinski definition) is 1. The largest absolute Gasteiger partial charge is 0.871 e. The highest BCUT2D eigenvalue weighted by molar-refractivity contribution is 6.20. The second-order valence-corrected chi connectivity index (χ2v) is 10.7. The SMILES string of the molecule is CCN1/C(=C\C2=C([O-])C(=C/C3[NH+](CC)c4ccccc4C3(C)C)/C2=O)C(C)(C)c2ccccc21. The molecule has 2 atom stereocenters. The number of rotatable bonds is 4. The molecule has 0 radical (unpaired) electrons. The van der Waals surface area contributed by atoms with Gasteiger partial charge in [-0.05, 0) is 57.5 Å². The maximum absolute atomic E-state index is 13.3. The van der Waals surface area contributed by atoms with E-state index in [9.17, 15) is 9.90 Å². The number of Topliss-reactive ketones (excluding diaryl/α,β-unsaturated/α-hetero) is 1. The lowest BCUT2D eigenvalue weighted by atomic mass is 9.76. The zero-order chi connectivity index (χ0) is 24.4. The number of para-hydroxylation sites is 2. The van der Waals surface area contributed by atoms with E-state index in [0.29, 0.717) is 11.1 Å². The number of quaternary nitrogens is 1. The van der Waals surface area contributed by atoms with Gasteiger partial charge in [0, 0.05) is 40.1 Å². The van der Waals surface area contributed by atoms with Crippen molar-refractivity contribution in [2.24, 2.45) is 0 Å². The highest BCUT2D eigenvalue weighted by atomic mass is 16.3. The molecule has 0 amide bonds. The third kappa shape index (κ3) is 2.98. The summed E-state index contributed by atoms with van der Waals surface area (Å²) in [6, 6.07) is 16.9. The molecule has 0 aromatic heterocycles. The van der Waals surface area contributed by atoms with Gasteiger partial charge in [0.25, 0.3) is 0 Å². The van der Waals surface area contributed by atoms with Crippen LogP contribution in [0.5, 0.6) is 0 Å². The summed E-state index contributed by atoms with van der Waals surface area (Å²) in [7, 11) is 0. The molecule has 0 bridgehead atoms. The lowest BCUT2D eigenvalue weighted by Crippen LogP contribution is -3.10. The van der Waals surface area contributed by atoms with Crippen LogP contribution >= 0.6 is 0 Å². The monoisotopic (exact) mass is 454 g/mol. The molecule has 34 heavy (non-hydrogen) atoms. The number of carbonyl (C=O) groups excluding carboxylic acids is 1. The molecule has 4 nitrogen and oxygen atoms in total. The van der Waals surface area contributed by atoms with Gasteiger partial charge < -0.3 is 10.0 Å². The van der Waals surface area contributed by atoms with Gasteiger partial charge in [-0.1, -0.05) is 56.0 Å². The van der Waals surface area contributed by atoms with Crippen LogP contribution in [0, 0.1) is 0 Å². The number of nitrogens with one attached hydrogen (secondary N) is 1. The molecule has 0 spiro atoms. The van der Waals surface area contributed by atoms with Crippen molar-refractivity contribution in [2.75, 3.05) is 18.0 Å². The number of allylic oxidation sites excluding steroid dienone is 4.